The standard InChI is InChI=1S/C12H9IO4/c1-17-10-4-2-3-8-7(10)5-6-9(13-16)11(8)12(14)15/h2-6H,1H3,(H,14,15). The second-order valence-electron chi connectivity index (χ2n) is 3.36. The molecule has 88 valence electrons. The van der Waals surface area contributed by atoms with E-state index in [4.69, 9.17) is 4.74 Å². The van der Waals surface area contributed by atoms with Gasteiger partial charge in [0.05, 0.1) is 16.2 Å². The summed E-state index contributed by atoms with van der Waals surface area (Å²) in [6.45, 7) is 0. The molecule has 17 heavy (non-hydrogen) atoms. The smallest absolute Gasteiger partial charge is 0.337 e. The lowest BCUT2D eigenvalue weighted by molar-refractivity contribution is 0.0698. The quantitative estimate of drug-likeness (QED) is 0.870. The Morgan fingerprint density at radius 1 is 1.24 bits per heavy atom. The minimum Gasteiger partial charge on any atom is -0.496 e. The van der Waals surface area contributed by atoms with Crippen molar-refractivity contribution < 1.29 is 17.7 Å². The molecule has 2 aromatic carbocycles. The molecule has 2 aromatic rings. The molecule has 0 aromatic heterocycles. The van der Waals surface area contributed by atoms with E-state index in [9.17, 15) is 13.0 Å². The summed E-state index contributed by atoms with van der Waals surface area (Å²) in [6, 6.07) is 8.52. The van der Waals surface area contributed by atoms with E-state index in [1.54, 1.807) is 30.3 Å². The first-order chi connectivity index (χ1) is 8.19. The topological polar surface area (TPSA) is 63.6 Å². The molecule has 0 aliphatic rings. The monoisotopic (exact) mass is 344 g/mol. The predicted octanol–water partition coefficient (Wildman–Crippen LogP) is 3.03. The van der Waals surface area contributed by atoms with Gasteiger partial charge in [-0.05, 0) is 18.2 Å². The second-order valence-corrected chi connectivity index (χ2v) is 4.96. The van der Waals surface area contributed by atoms with Gasteiger partial charge in [0.2, 0.25) is 0 Å². The van der Waals surface area contributed by atoms with Gasteiger partial charge in [-0.1, -0.05) is 12.1 Å². The highest BCUT2D eigenvalue weighted by Crippen LogP contribution is 2.31. The molecule has 0 saturated heterocycles. The molecule has 0 saturated carbocycles. The SMILES string of the molecule is COc1cccc2c(C(=O)O)c(I=O)ccc12. The largest absolute Gasteiger partial charge is 0.496 e. The molecule has 2 rings (SSSR count). The molecule has 0 aliphatic carbocycles. The van der Waals surface area contributed by atoms with Crippen LogP contribution < -0.4 is 4.74 Å². The van der Waals surface area contributed by atoms with E-state index < -0.39 is 27.2 Å². The first-order valence-electron chi connectivity index (χ1n) is 4.79. The van der Waals surface area contributed by atoms with Crippen molar-refractivity contribution in [2.45, 2.75) is 0 Å². The van der Waals surface area contributed by atoms with Gasteiger partial charge in [-0.25, -0.2) is 4.79 Å². The van der Waals surface area contributed by atoms with Crippen molar-refractivity contribution in [2.75, 3.05) is 7.11 Å². The van der Waals surface area contributed by atoms with Crippen LogP contribution in [0.1, 0.15) is 10.4 Å². The fraction of sp³-hybridized carbons (Fsp3) is 0.0833. The summed E-state index contributed by atoms with van der Waals surface area (Å²) in [5.74, 6) is -0.449. The first-order valence-corrected chi connectivity index (χ1v) is 6.75. The van der Waals surface area contributed by atoms with Crippen molar-refractivity contribution in [3.8, 4) is 5.75 Å². The van der Waals surface area contributed by atoms with Crippen LogP contribution >= 0.6 is 21.2 Å². The van der Waals surface area contributed by atoms with Gasteiger partial charge in [0, 0.05) is 10.8 Å². The number of carboxylic acid groups (broad SMARTS) is 1. The molecule has 0 fully saturated rings. The molecule has 0 radical (unpaired) electrons. The van der Waals surface area contributed by atoms with Gasteiger partial charge in [-0.15, -0.1) is 0 Å². The van der Waals surface area contributed by atoms with E-state index in [1.165, 1.54) is 7.11 Å². The Balaban J connectivity index is 2.91. The number of aromatic carboxylic acids is 1. The number of hydrogen-bond donors (Lipinski definition) is 1. The third kappa shape index (κ3) is 2.02. The normalized spacial score (nSPS) is 10.4. The maximum atomic E-state index is 11.2. The number of methoxy groups -OCH3 is 1. The van der Waals surface area contributed by atoms with Crippen molar-refractivity contribution in [1.29, 1.82) is 0 Å². The highest BCUT2D eigenvalue weighted by Gasteiger charge is 2.16. The van der Waals surface area contributed by atoms with Gasteiger partial charge >= 0.3 is 5.97 Å². The summed E-state index contributed by atoms with van der Waals surface area (Å²) in [5, 5.41) is 10.5. The molecule has 0 bridgehead atoms. The molecular formula is C12H9IO4. The van der Waals surface area contributed by atoms with E-state index >= 15 is 0 Å². The second kappa shape index (κ2) is 4.79. The van der Waals surface area contributed by atoms with Crippen LogP contribution in [0, 0.1) is 3.57 Å². The van der Waals surface area contributed by atoms with Crippen LogP contribution in [0.3, 0.4) is 0 Å². The van der Waals surface area contributed by atoms with Crippen LogP contribution in [0.5, 0.6) is 5.75 Å². The van der Waals surface area contributed by atoms with Crippen LogP contribution in [0.25, 0.3) is 10.8 Å². The Hall–Kier alpha value is -1.50. The molecule has 5 heteroatoms. The molecule has 0 amide bonds. The average molecular weight is 344 g/mol. The number of hydrogen-bond acceptors (Lipinski definition) is 3. The third-order valence-corrected chi connectivity index (χ3v) is 3.86. The van der Waals surface area contributed by atoms with Crippen LogP contribution in [0.2, 0.25) is 0 Å². The summed E-state index contributed by atoms with van der Waals surface area (Å²) < 4.78 is 16.6. The Morgan fingerprint density at radius 2 is 2.00 bits per heavy atom. The van der Waals surface area contributed by atoms with E-state index in [2.05, 4.69) is 0 Å². The maximum absolute atomic E-state index is 11.2. The fourth-order valence-corrected chi connectivity index (χ4v) is 2.83. The molecule has 0 atom stereocenters. The van der Waals surface area contributed by atoms with Gasteiger partial charge in [0.25, 0.3) is 0 Å². The molecule has 0 unspecified atom stereocenters. The predicted molar refractivity (Wildman–Crippen MR) is 70.9 cm³/mol. The van der Waals surface area contributed by atoms with Gasteiger partial charge in [0.1, 0.15) is 5.75 Å². The van der Waals surface area contributed by atoms with Crippen LogP contribution in [-0.2, 0) is 3.07 Å². The van der Waals surface area contributed by atoms with Crippen molar-refractivity contribution in [3.05, 3.63) is 39.5 Å². The Bertz CT molecular complexity index is 607. The van der Waals surface area contributed by atoms with E-state index in [0.717, 1.165) is 0 Å². The molecule has 4 nitrogen and oxygen atoms in total. The zero-order valence-corrected chi connectivity index (χ0v) is 11.1. The zero-order valence-electron chi connectivity index (χ0n) is 8.94. The number of fused-ring (bicyclic) bond motifs is 1. The molecule has 0 spiro atoms. The third-order valence-electron chi connectivity index (χ3n) is 2.49. The van der Waals surface area contributed by atoms with Crippen LogP contribution in [0.4, 0.5) is 0 Å². The molecule has 1 N–H and O–H groups in total. The summed E-state index contributed by atoms with van der Waals surface area (Å²) >= 11 is -1.51. The van der Waals surface area contributed by atoms with Crippen LogP contribution in [0.15, 0.2) is 30.3 Å². The summed E-state index contributed by atoms with van der Waals surface area (Å²) in [6.07, 6.45) is 0. The number of benzene rings is 2. The number of carbonyl (C=O) groups is 1. The van der Waals surface area contributed by atoms with Gasteiger partial charge in [0.15, 0.2) is 21.2 Å². The van der Waals surface area contributed by atoms with Crippen molar-refractivity contribution in [1.82, 2.24) is 0 Å². The van der Waals surface area contributed by atoms with Crippen molar-refractivity contribution >= 4 is 37.9 Å². The summed E-state index contributed by atoms with van der Waals surface area (Å²) in [5.41, 5.74) is 0.115. The minimum absolute atomic E-state index is 0.115. The molecular weight excluding hydrogens is 335 g/mol. The number of ether oxygens (including phenoxy) is 1. The lowest BCUT2D eigenvalue weighted by atomic mass is 10.0. The first kappa shape index (κ1) is 12.0. The fourth-order valence-electron chi connectivity index (χ4n) is 1.76. The minimum atomic E-state index is -1.51. The van der Waals surface area contributed by atoms with Gasteiger partial charge in [-0.3, -0.25) is 3.07 Å². The van der Waals surface area contributed by atoms with E-state index in [-0.39, 0.29) is 5.56 Å². The molecule has 0 heterocycles. The van der Waals surface area contributed by atoms with Crippen LogP contribution in [-0.4, -0.2) is 18.2 Å². The number of halogens is 1. The lowest BCUT2D eigenvalue weighted by Crippen LogP contribution is -2.01. The maximum Gasteiger partial charge on any atom is 0.337 e. The van der Waals surface area contributed by atoms with Crippen molar-refractivity contribution in [2.24, 2.45) is 0 Å². The zero-order chi connectivity index (χ0) is 12.4. The number of carboxylic acids is 1. The van der Waals surface area contributed by atoms with E-state index in [1.807, 2.05) is 0 Å². The van der Waals surface area contributed by atoms with Gasteiger partial charge < -0.3 is 9.84 Å². The van der Waals surface area contributed by atoms with Gasteiger partial charge in [-0.2, -0.15) is 0 Å². The highest BCUT2D eigenvalue weighted by molar-refractivity contribution is 14.1. The summed E-state index contributed by atoms with van der Waals surface area (Å²) in [7, 11) is 1.53. The molecule has 0 aliphatic heterocycles. The highest BCUT2D eigenvalue weighted by atomic mass is 127. The number of rotatable bonds is 3. The average Bonchev–Trinajstić information content (AvgIpc) is 2.36. The Kier molecular flexibility index (Phi) is 3.37. The van der Waals surface area contributed by atoms with Crippen molar-refractivity contribution in [3.63, 3.8) is 0 Å². The Labute approximate surface area is 108 Å². The Morgan fingerprint density at radius 3 is 2.59 bits per heavy atom. The van der Waals surface area contributed by atoms with E-state index in [0.29, 0.717) is 20.1 Å². The lowest BCUT2D eigenvalue weighted by Gasteiger charge is -2.08. The summed E-state index contributed by atoms with van der Waals surface area (Å²) in [4.78, 5) is 11.2.